The standard InChI is InChI=1S/C14H14ClFN2/c1-10(13-7-2-3-8-17-13)18-9-11-5-4-6-12(15)14(11)16/h2-8,10,18H,9H2,1H3/t10-/m0/s1. The largest absolute Gasteiger partial charge is 0.305 e. The maximum Gasteiger partial charge on any atom is 0.146 e. The van der Waals surface area contributed by atoms with Crippen LogP contribution < -0.4 is 5.32 Å². The highest BCUT2D eigenvalue weighted by atomic mass is 35.5. The zero-order valence-corrected chi connectivity index (χ0v) is 10.8. The van der Waals surface area contributed by atoms with Crippen LogP contribution in [-0.4, -0.2) is 4.98 Å². The smallest absolute Gasteiger partial charge is 0.146 e. The van der Waals surface area contributed by atoms with Gasteiger partial charge < -0.3 is 5.32 Å². The fourth-order valence-electron chi connectivity index (χ4n) is 1.68. The van der Waals surface area contributed by atoms with Crippen molar-refractivity contribution in [2.24, 2.45) is 0 Å². The first-order chi connectivity index (χ1) is 8.68. The van der Waals surface area contributed by atoms with E-state index in [1.54, 1.807) is 24.4 Å². The van der Waals surface area contributed by atoms with E-state index in [1.807, 2.05) is 25.1 Å². The van der Waals surface area contributed by atoms with Gasteiger partial charge in [-0.1, -0.05) is 29.8 Å². The number of nitrogens with zero attached hydrogens (tertiary/aromatic N) is 1. The number of aromatic nitrogens is 1. The minimum absolute atomic E-state index is 0.0598. The first-order valence-electron chi connectivity index (χ1n) is 5.75. The van der Waals surface area contributed by atoms with Crippen LogP contribution in [0.25, 0.3) is 0 Å². The summed E-state index contributed by atoms with van der Waals surface area (Å²) in [6.07, 6.45) is 1.74. The maximum absolute atomic E-state index is 13.7. The van der Waals surface area contributed by atoms with Crippen molar-refractivity contribution in [3.8, 4) is 0 Å². The Hall–Kier alpha value is -1.45. The summed E-state index contributed by atoms with van der Waals surface area (Å²) in [5.74, 6) is -0.361. The van der Waals surface area contributed by atoms with Gasteiger partial charge >= 0.3 is 0 Å². The van der Waals surface area contributed by atoms with Gasteiger partial charge in [-0.25, -0.2) is 4.39 Å². The van der Waals surface area contributed by atoms with Crippen molar-refractivity contribution in [1.29, 1.82) is 0 Å². The summed E-state index contributed by atoms with van der Waals surface area (Å²) in [5.41, 5.74) is 1.49. The van der Waals surface area contributed by atoms with Gasteiger partial charge in [0.2, 0.25) is 0 Å². The molecule has 0 aliphatic heterocycles. The van der Waals surface area contributed by atoms with Gasteiger partial charge in [-0.15, -0.1) is 0 Å². The van der Waals surface area contributed by atoms with Crippen molar-refractivity contribution in [2.75, 3.05) is 0 Å². The van der Waals surface area contributed by atoms with Gasteiger partial charge in [0.1, 0.15) is 5.82 Å². The summed E-state index contributed by atoms with van der Waals surface area (Å²) in [7, 11) is 0. The van der Waals surface area contributed by atoms with Gasteiger partial charge in [-0.3, -0.25) is 4.98 Å². The lowest BCUT2D eigenvalue weighted by Gasteiger charge is -2.13. The molecular formula is C14H14ClFN2. The summed E-state index contributed by atoms with van der Waals surface area (Å²) < 4.78 is 13.7. The minimum Gasteiger partial charge on any atom is -0.305 e. The molecular weight excluding hydrogens is 251 g/mol. The lowest BCUT2D eigenvalue weighted by molar-refractivity contribution is 0.536. The Morgan fingerprint density at radius 3 is 2.83 bits per heavy atom. The van der Waals surface area contributed by atoms with Crippen molar-refractivity contribution >= 4 is 11.6 Å². The van der Waals surface area contributed by atoms with Gasteiger partial charge in [-0.05, 0) is 25.1 Å². The lowest BCUT2D eigenvalue weighted by atomic mass is 10.1. The highest BCUT2D eigenvalue weighted by molar-refractivity contribution is 6.30. The molecule has 0 amide bonds. The van der Waals surface area contributed by atoms with Crippen LogP contribution in [0.4, 0.5) is 4.39 Å². The molecule has 1 aromatic heterocycles. The highest BCUT2D eigenvalue weighted by Crippen LogP contribution is 2.18. The summed E-state index contributed by atoms with van der Waals surface area (Å²) in [6.45, 7) is 2.41. The third kappa shape index (κ3) is 3.06. The van der Waals surface area contributed by atoms with Crippen molar-refractivity contribution < 1.29 is 4.39 Å². The summed E-state index contributed by atoms with van der Waals surface area (Å²) in [6, 6.07) is 10.8. The molecule has 18 heavy (non-hydrogen) atoms. The molecule has 1 heterocycles. The molecule has 2 rings (SSSR count). The molecule has 4 heteroatoms. The number of rotatable bonds is 4. The molecule has 2 aromatic rings. The van der Waals surface area contributed by atoms with Crippen LogP contribution in [-0.2, 0) is 6.54 Å². The van der Waals surface area contributed by atoms with Crippen molar-refractivity contribution in [1.82, 2.24) is 10.3 Å². The van der Waals surface area contributed by atoms with Crippen LogP contribution in [0, 0.1) is 5.82 Å². The van der Waals surface area contributed by atoms with Gasteiger partial charge in [0.25, 0.3) is 0 Å². The van der Waals surface area contributed by atoms with Crippen molar-refractivity contribution in [3.63, 3.8) is 0 Å². The van der Waals surface area contributed by atoms with Crippen LogP contribution in [0.2, 0.25) is 5.02 Å². The average molecular weight is 265 g/mol. The molecule has 0 fully saturated rings. The van der Waals surface area contributed by atoms with Crippen LogP contribution in [0.15, 0.2) is 42.6 Å². The highest BCUT2D eigenvalue weighted by Gasteiger charge is 2.09. The van der Waals surface area contributed by atoms with E-state index in [0.717, 1.165) is 5.69 Å². The summed E-state index contributed by atoms with van der Waals surface area (Å²) in [5, 5.41) is 3.37. The predicted octanol–water partition coefficient (Wildman–Crippen LogP) is 3.72. The lowest BCUT2D eigenvalue weighted by Crippen LogP contribution is -2.19. The Morgan fingerprint density at radius 2 is 2.11 bits per heavy atom. The maximum atomic E-state index is 13.7. The third-order valence-electron chi connectivity index (χ3n) is 2.76. The zero-order chi connectivity index (χ0) is 13.0. The number of nitrogens with one attached hydrogen (secondary N) is 1. The van der Waals surface area contributed by atoms with Gasteiger partial charge in [0, 0.05) is 24.3 Å². The average Bonchev–Trinajstić information content (AvgIpc) is 2.41. The number of hydrogen-bond donors (Lipinski definition) is 1. The van der Waals surface area contributed by atoms with Gasteiger partial charge in [0.15, 0.2) is 0 Å². The molecule has 0 bridgehead atoms. The second kappa shape index (κ2) is 5.94. The quantitative estimate of drug-likeness (QED) is 0.910. The first kappa shape index (κ1) is 13.0. The Morgan fingerprint density at radius 1 is 1.28 bits per heavy atom. The van der Waals surface area contributed by atoms with E-state index in [-0.39, 0.29) is 16.9 Å². The van der Waals surface area contributed by atoms with E-state index in [1.165, 1.54) is 0 Å². The summed E-state index contributed by atoms with van der Waals surface area (Å²) in [4.78, 5) is 4.25. The summed E-state index contributed by atoms with van der Waals surface area (Å²) >= 11 is 5.73. The monoisotopic (exact) mass is 264 g/mol. The molecule has 0 saturated heterocycles. The van der Waals surface area contributed by atoms with E-state index in [2.05, 4.69) is 10.3 Å². The predicted molar refractivity (Wildman–Crippen MR) is 70.9 cm³/mol. The van der Waals surface area contributed by atoms with Crippen LogP contribution in [0.3, 0.4) is 0 Å². The number of pyridine rings is 1. The molecule has 0 spiro atoms. The molecule has 0 aliphatic rings. The normalized spacial score (nSPS) is 12.4. The van der Waals surface area contributed by atoms with Gasteiger partial charge in [-0.2, -0.15) is 0 Å². The van der Waals surface area contributed by atoms with E-state index in [9.17, 15) is 4.39 Å². The molecule has 94 valence electrons. The fourth-order valence-corrected chi connectivity index (χ4v) is 1.88. The second-order valence-electron chi connectivity index (χ2n) is 4.07. The van der Waals surface area contributed by atoms with E-state index in [0.29, 0.717) is 12.1 Å². The van der Waals surface area contributed by atoms with Crippen LogP contribution in [0.1, 0.15) is 24.2 Å². The van der Waals surface area contributed by atoms with E-state index >= 15 is 0 Å². The van der Waals surface area contributed by atoms with Crippen LogP contribution in [0.5, 0.6) is 0 Å². The Kier molecular flexibility index (Phi) is 4.28. The molecule has 2 nitrogen and oxygen atoms in total. The number of benzene rings is 1. The van der Waals surface area contributed by atoms with Crippen molar-refractivity contribution in [2.45, 2.75) is 19.5 Å². The molecule has 0 aliphatic carbocycles. The molecule has 1 atom stereocenters. The number of hydrogen-bond acceptors (Lipinski definition) is 2. The molecule has 1 N–H and O–H groups in total. The minimum atomic E-state index is -0.361. The molecule has 0 radical (unpaired) electrons. The molecule has 0 unspecified atom stereocenters. The molecule has 1 aromatic carbocycles. The Bertz CT molecular complexity index is 516. The molecule has 0 saturated carbocycles. The Balaban J connectivity index is 2.02. The fraction of sp³-hybridized carbons (Fsp3) is 0.214. The second-order valence-corrected chi connectivity index (χ2v) is 4.48. The van der Waals surface area contributed by atoms with Gasteiger partial charge in [0.05, 0.1) is 10.7 Å². The third-order valence-corrected chi connectivity index (χ3v) is 3.05. The SMILES string of the molecule is C[C@H](NCc1cccc(Cl)c1F)c1ccccn1. The number of halogens is 2. The van der Waals surface area contributed by atoms with Crippen LogP contribution >= 0.6 is 11.6 Å². The van der Waals surface area contributed by atoms with E-state index in [4.69, 9.17) is 11.6 Å². The van der Waals surface area contributed by atoms with E-state index < -0.39 is 0 Å². The topological polar surface area (TPSA) is 24.9 Å². The van der Waals surface area contributed by atoms with Crippen molar-refractivity contribution in [3.05, 3.63) is 64.7 Å². The Labute approximate surface area is 111 Å². The zero-order valence-electron chi connectivity index (χ0n) is 10.0. The first-order valence-corrected chi connectivity index (χ1v) is 6.13.